The van der Waals surface area contributed by atoms with Gasteiger partial charge in [-0.1, -0.05) is 18.2 Å². The molecule has 0 aliphatic carbocycles. The summed E-state index contributed by atoms with van der Waals surface area (Å²) in [4.78, 5) is 18.8. The number of thiazole rings is 1. The van der Waals surface area contributed by atoms with Gasteiger partial charge in [0.2, 0.25) is 5.91 Å². The molecule has 9 heteroatoms. The van der Waals surface area contributed by atoms with E-state index in [-0.39, 0.29) is 17.3 Å². The molecule has 30 heavy (non-hydrogen) atoms. The zero-order valence-electron chi connectivity index (χ0n) is 16.5. The van der Waals surface area contributed by atoms with Crippen molar-refractivity contribution >= 4 is 43.8 Å². The van der Waals surface area contributed by atoms with Crippen LogP contribution in [0.3, 0.4) is 0 Å². The molecule has 0 unspecified atom stereocenters. The van der Waals surface area contributed by atoms with Crippen LogP contribution in [-0.2, 0) is 21.2 Å². The molecule has 2 N–H and O–H groups in total. The molecule has 0 bridgehead atoms. The van der Waals surface area contributed by atoms with E-state index in [1.165, 1.54) is 40.8 Å². The monoisotopic (exact) mass is 442 g/mol. The zero-order valence-corrected chi connectivity index (χ0v) is 18.1. The maximum absolute atomic E-state index is 12.6. The second-order valence-corrected chi connectivity index (χ2v) is 9.70. The normalized spacial score (nSPS) is 13.6. The number of hydrogen-bond acceptors (Lipinski definition) is 6. The van der Waals surface area contributed by atoms with Gasteiger partial charge in [-0.3, -0.25) is 9.52 Å². The first-order valence-electron chi connectivity index (χ1n) is 9.58. The second-order valence-electron chi connectivity index (χ2n) is 7.12. The molecule has 1 amide bonds. The Balaban J connectivity index is 1.41. The summed E-state index contributed by atoms with van der Waals surface area (Å²) in [6.07, 6.45) is 3.58. The van der Waals surface area contributed by atoms with E-state index in [9.17, 15) is 13.2 Å². The SMILES string of the molecule is Cc1cccc2c1N(CC(=O)Nc1ccc(S(=O)(=O)Nc3nccs3)cc1)CCC2. The zero-order chi connectivity index (χ0) is 21.1. The maximum atomic E-state index is 12.6. The average molecular weight is 443 g/mol. The first-order chi connectivity index (χ1) is 14.4. The van der Waals surface area contributed by atoms with E-state index in [1.807, 2.05) is 0 Å². The fourth-order valence-corrected chi connectivity index (χ4v) is 5.43. The fraction of sp³-hybridized carbons (Fsp3) is 0.238. The first-order valence-corrected chi connectivity index (χ1v) is 11.9. The summed E-state index contributed by atoms with van der Waals surface area (Å²) < 4.78 is 27.2. The van der Waals surface area contributed by atoms with Gasteiger partial charge < -0.3 is 10.2 Å². The number of carbonyl (C=O) groups excluding carboxylic acids is 1. The predicted octanol–water partition coefficient (Wildman–Crippen LogP) is 3.64. The lowest BCUT2D eigenvalue weighted by molar-refractivity contribution is -0.115. The molecule has 0 spiro atoms. The molecule has 1 aliphatic rings. The molecule has 0 radical (unpaired) electrons. The van der Waals surface area contributed by atoms with E-state index < -0.39 is 10.0 Å². The number of aryl methyl sites for hydroxylation is 2. The van der Waals surface area contributed by atoms with Crippen LogP contribution >= 0.6 is 11.3 Å². The Morgan fingerprint density at radius 2 is 2.00 bits per heavy atom. The first kappa shape index (κ1) is 20.4. The molecule has 156 valence electrons. The molecule has 1 aliphatic heterocycles. The van der Waals surface area contributed by atoms with Gasteiger partial charge in [0.05, 0.1) is 11.4 Å². The summed E-state index contributed by atoms with van der Waals surface area (Å²) in [5.74, 6) is -0.136. The summed E-state index contributed by atoms with van der Waals surface area (Å²) >= 11 is 1.21. The van der Waals surface area contributed by atoms with Crippen molar-refractivity contribution in [2.24, 2.45) is 0 Å². The number of nitrogens with zero attached hydrogens (tertiary/aromatic N) is 2. The topological polar surface area (TPSA) is 91.4 Å². The summed E-state index contributed by atoms with van der Waals surface area (Å²) in [6.45, 7) is 3.16. The van der Waals surface area contributed by atoms with Crippen molar-refractivity contribution in [3.8, 4) is 0 Å². The van der Waals surface area contributed by atoms with Gasteiger partial charge in [-0.2, -0.15) is 0 Å². The van der Waals surface area contributed by atoms with Crippen molar-refractivity contribution in [2.75, 3.05) is 28.0 Å². The van der Waals surface area contributed by atoms with Crippen molar-refractivity contribution in [1.29, 1.82) is 0 Å². The van der Waals surface area contributed by atoms with Crippen LogP contribution in [0.5, 0.6) is 0 Å². The number of carbonyl (C=O) groups is 1. The number of benzene rings is 2. The second kappa shape index (κ2) is 8.45. The minimum absolute atomic E-state index is 0.108. The van der Waals surface area contributed by atoms with E-state index in [1.54, 1.807) is 17.5 Å². The van der Waals surface area contributed by atoms with Crippen molar-refractivity contribution < 1.29 is 13.2 Å². The largest absolute Gasteiger partial charge is 0.362 e. The summed E-state index contributed by atoms with van der Waals surface area (Å²) in [7, 11) is -3.71. The van der Waals surface area contributed by atoms with Gasteiger partial charge >= 0.3 is 0 Å². The number of para-hydroxylation sites is 1. The third-order valence-corrected chi connectivity index (χ3v) is 7.12. The highest BCUT2D eigenvalue weighted by Gasteiger charge is 2.21. The number of nitrogens with one attached hydrogen (secondary N) is 2. The van der Waals surface area contributed by atoms with E-state index in [0.717, 1.165) is 25.1 Å². The number of rotatable bonds is 6. The van der Waals surface area contributed by atoms with Crippen LogP contribution in [0.2, 0.25) is 0 Å². The van der Waals surface area contributed by atoms with Crippen molar-refractivity contribution in [1.82, 2.24) is 4.98 Å². The Labute approximate surface area is 179 Å². The number of anilines is 3. The van der Waals surface area contributed by atoms with Crippen molar-refractivity contribution in [2.45, 2.75) is 24.7 Å². The van der Waals surface area contributed by atoms with E-state index in [0.29, 0.717) is 10.8 Å². The number of amides is 1. The van der Waals surface area contributed by atoms with Gasteiger partial charge in [0.1, 0.15) is 0 Å². The van der Waals surface area contributed by atoms with Gasteiger partial charge in [0.15, 0.2) is 5.13 Å². The summed E-state index contributed by atoms with van der Waals surface area (Å²) in [6, 6.07) is 12.3. The fourth-order valence-electron chi connectivity index (χ4n) is 3.64. The van der Waals surface area contributed by atoms with Gasteiger partial charge in [0.25, 0.3) is 10.0 Å². The van der Waals surface area contributed by atoms with E-state index in [2.05, 4.69) is 45.0 Å². The van der Waals surface area contributed by atoms with Crippen LogP contribution in [0, 0.1) is 6.92 Å². The smallest absolute Gasteiger partial charge is 0.263 e. The molecule has 0 fully saturated rings. The van der Waals surface area contributed by atoms with Gasteiger partial charge in [-0.25, -0.2) is 13.4 Å². The third-order valence-electron chi connectivity index (χ3n) is 4.95. The molecule has 2 heterocycles. The highest BCUT2D eigenvalue weighted by molar-refractivity contribution is 7.93. The molecule has 2 aromatic carbocycles. The highest BCUT2D eigenvalue weighted by Crippen LogP contribution is 2.30. The Bertz CT molecular complexity index is 1140. The van der Waals surface area contributed by atoms with Gasteiger partial charge in [-0.15, -0.1) is 11.3 Å². The molecule has 4 rings (SSSR count). The molecular formula is C21H22N4O3S2. The Hall–Kier alpha value is -2.91. The lowest BCUT2D eigenvalue weighted by atomic mass is 9.98. The third kappa shape index (κ3) is 4.47. The average Bonchev–Trinajstić information content (AvgIpc) is 3.21. The summed E-state index contributed by atoms with van der Waals surface area (Å²) in [5, 5.41) is 4.86. The Kier molecular flexibility index (Phi) is 5.74. The van der Waals surface area contributed by atoms with Crippen LogP contribution in [0.1, 0.15) is 17.5 Å². The minimum Gasteiger partial charge on any atom is -0.362 e. The van der Waals surface area contributed by atoms with Gasteiger partial charge in [-0.05, 0) is 55.2 Å². The molecule has 3 aromatic rings. The number of fused-ring (bicyclic) bond motifs is 1. The van der Waals surface area contributed by atoms with Crippen molar-refractivity contribution in [3.05, 3.63) is 65.2 Å². The summed E-state index contributed by atoms with van der Waals surface area (Å²) in [5.41, 5.74) is 4.14. The molecule has 0 saturated carbocycles. The lowest BCUT2D eigenvalue weighted by Gasteiger charge is -2.32. The highest BCUT2D eigenvalue weighted by atomic mass is 32.2. The number of hydrogen-bond donors (Lipinski definition) is 2. The van der Waals surface area contributed by atoms with Crippen LogP contribution in [0.15, 0.2) is 58.9 Å². The van der Waals surface area contributed by atoms with Gasteiger partial charge in [0, 0.05) is 29.5 Å². The van der Waals surface area contributed by atoms with E-state index in [4.69, 9.17) is 0 Å². The van der Waals surface area contributed by atoms with E-state index >= 15 is 0 Å². The maximum Gasteiger partial charge on any atom is 0.263 e. The molecule has 0 saturated heterocycles. The van der Waals surface area contributed by atoms with Crippen LogP contribution in [0.25, 0.3) is 0 Å². The molecule has 1 aromatic heterocycles. The molecule has 0 atom stereocenters. The number of aromatic nitrogens is 1. The van der Waals surface area contributed by atoms with Crippen LogP contribution < -0.4 is 14.9 Å². The standard InChI is InChI=1S/C21H22N4O3S2/c1-15-4-2-5-16-6-3-12-25(20(15)16)14-19(26)23-17-7-9-18(10-8-17)30(27,28)24-21-22-11-13-29-21/h2,4-5,7-11,13H,3,6,12,14H2,1H3,(H,22,24)(H,23,26). The van der Waals surface area contributed by atoms with Crippen LogP contribution in [0.4, 0.5) is 16.5 Å². The van der Waals surface area contributed by atoms with Crippen LogP contribution in [-0.4, -0.2) is 32.4 Å². The Morgan fingerprint density at radius 1 is 1.20 bits per heavy atom. The number of sulfonamides is 1. The predicted molar refractivity (Wildman–Crippen MR) is 120 cm³/mol. The lowest BCUT2D eigenvalue weighted by Crippen LogP contribution is -2.37. The Morgan fingerprint density at radius 3 is 2.73 bits per heavy atom. The van der Waals surface area contributed by atoms with Crippen molar-refractivity contribution in [3.63, 3.8) is 0 Å². The molecular weight excluding hydrogens is 420 g/mol. The molecule has 7 nitrogen and oxygen atoms in total. The quantitative estimate of drug-likeness (QED) is 0.608. The minimum atomic E-state index is -3.71.